The van der Waals surface area contributed by atoms with Gasteiger partial charge in [-0.3, -0.25) is 9.78 Å². The number of carbonyl (C=O) groups excluding carboxylic acids is 1. The zero-order valence-corrected chi connectivity index (χ0v) is 19.5. The predicted octanol–water partition coefficient (Wildman–Crippen LogP) is 3.26. The number of carbonyl (C=O) groups is 1. The fourth-order valence-electron chi connectivity index (χ4n) is 5.58. The van der Waals surface area contributed by atoms with Crippen LogP contribution in [-0.2, 0) is 0 Å². The minimum Gasteiger partial charge on any atom is -0.507 e. The van der Waals surface area contributed by atoms with E-state index in [4.69, 9.17) is 0 Å². The van der Waals surface area contributed by atoms with Crippen LogP contribution in [0.4, 0.5) is 5.82 Å². The molecule has 3 N–H and O–H groups in total. The second kappa shape index (κ2) is 7.66. The van der Waals surface area contributed by atoms with E-state index in [-0.39, 0.29) is 22.7 Å². The number of nitrogens with zero attached hydrogens (tertiary/aromatic N) is 4. The second-order valence-electron chi connectivity index (χ2n) is 10.1. The van der Waals surface area contributed by atoms with Gasteiger partial charge >= 0.3 is 0 Å². The van der Waals surface area contributed by atoms with E-state index in [1.165, 1.54) is 12.8 Å². The molecule has 4 heterocycles. The molecule has 5 rings (SSSR count). The van der Waals surface area contributed by atoms with Crippen LogP contribution in [0.1, 0.15) is 50.0 Å². The molecule has 3 aromatic rings. The summed E-state index contributed by atoms with van der Waals surface area (Å²) in [4.78, 5) is 18.3. The van der Waals surface area contributed by atoms with E-state index in [2.05, 4.69) is 51.6 Å². The van der Waals surface area contributed by atoms with Gasteiger partial charge in [0.2, 0.25) is 0 Å². The van der Waals surface area contributed by atoms with E-state index in [9.17, 15) is 9.90 Å². The third-order valence-corrected chi connectivity index (χ3v) is 7.34. The van der Waals surface area contributed by atoms with Crippen LogP contribution < -0.4 is 15.5 Å². The van der Waals surface area contributed by atoms with Gasteiger partial charge in [0.15, 0.2) is 5.82 Å². The summed E-state index contributed by atoms with van der Waals surface area (Å²) >= 11 is 0. The number of benzene rings is 1. The Morgan fingerprint density at radius 3 is 2.48 bits per heavy atom. The van der Waals surface area contributed by atoms with Crippen molar-refractivity contribution < 1.29 is 9.90 Å². The van der Waals surface area contributed by atoms with Crippen molar-refractivity contribution in [2.75, 3.05) is 19.0 Å². The largest absolute Gasteiger partial charge is 0.507 e. The Bertz CT molecular complexity index is 1210. The van der Waals surface area contributed by atoms with Crippen LogP contribution in [0, 0.1) is 0 Å². The number of rotatable bonds is 4. The van der Waals surface area contributed by atoms with Gasteiger partial charge in [-0.2, -0.15) is 0 Å². The van der Waals surface area contributed by atoms with Crippen LogP contribution in [0.25, 0.3) is 22.0 Å². The molecule has 0 radical (unpaired) electrons. The van der Waals surface area contributed by atoms with E-state index in [0.717, 1.165) is 29.4 Å². The van der Waals surface area contributed by atoms with Crippen molar-refractivity contribution in [3.63, 3.8) is 0 Å². The van der Waals surface area contributed by atoms with Crippen LogP contribution in [0.15, 0.2) is 36.5 Å². The number of phenols is 1. The normalized spacial score (nSPS) is 26.4. The summed E-state index contributed by atoms with van der Waals surface area (Å²) in [6.07, 6.45) is 6.21. The highest BCUT2D eigenvalue weighted by Crippen LogP contribution is 2.43. The average Bonchev–Trinajstić information content (AvgIpc) is 3.03. The Hall–Kier alpha value is -3.26. The lowest BCUT2D eigenvalue weighted by atomic mass is 9.84. The van der Waals surface area contributed by atoms with Crippen molar-refractivity contribution in [1.29, 1.82) is 0 Å². The molecule has 172 valence electrons. The third-order valence-electron chi connectivity index (χ3n) is 7.34. The van der Waals surface area contributed by atoms with Crippen molar-refractivity contribution in [2.24, 2.45) is 0 Å². The molecule has 1 aromatic carbocycles. The van der Waals surface area contributed by atoms with E-state index >= 15 is 0 Å². The molecule has 2 bridgehead atoms. The lowest BCUT2D eigenvalue weighted by molar-refractivity contribution is 0.0958. The van der Waals surface area contributed by atoms with Crippen LogP contribution >= 0.6 is 0 Å². The Morgan fingerprint density at radius 1 is 1.12 bits per heavy atom. The molecule has 2 fully saturated rings. The van der Waals surface area contributed by atoms with Crippen molar-refractivity contribution in [1.82, 2.24) is 25.8 Å². The number of piperidine rings is 1. The Morgan fingerprint density at radius 2 is 1.85 bits per heavy atom. The topological polar surface area (TPSA) is 103 Å². The molecular weight excluding hydrogens is 416 g/mol. The summed E-state index contributed by atoms with van der Waals surface area (Å²) in [5, 5.41) is 27.5. The van der Waals surface area contributed by atoms with E-state index in [1.807, 2.05) is 18.2 Å². The fourth-order valence-corrected chi connectivity index (χ4v) is 5.58. The van der Waals surface area contributed by atoms with Gasteiger partial charge in [-0.05, 0) is 75.2 Å². The van der Waals surface area contributed by atoms with Gasteiger partial charge < -0.3 is 20.6 Å². The fraction of sp³-hybridized carbons (Fsp3) is 0.440. The molecule has 2 saturated heterocycles. The molecule has 0 unspecified atom stereocenters. The number of aromatic nitrogens is 3. The zero-order valence-electron chi connectivity index (χ0n) is 19.5. The molecule has 0 saturated carbocycles. The van der Waals surface area contributed by atoms with Gasteiger partial charge in [0, 0.05) is 48.4 Å². The minimum absolute atomic E-state index is 0.0859. The molecule has 8 heteroatoms. The lowest BCUT2D eigenvalue weighted by Gasteiger charge is -2.45. The first-order valence-electron chi connectivity index (χ1n) is 11.4. The summed E-state index contributed by atoms with van der Waals surface area (Å²) in [6, 6.07) is 9.38. The molecular formula is C25H30N6O2. The van der Waals surface area contributed by atoms with Crippen LogP contribution in [0.5, 0.6) is 5.75 Å². The summed E-state index contributed by atoms with van der Waals surface area (Å²) in [5.41, 5.74) is 1.84. The summed E-state index contributed by atoms with van der Waals surface area (Å²) in [5.74, 6) is 0.646. The molecule has 0 spiro atoms. The number of phenolic OH excluding ortho intramolecular Hbond substituents is 1. The standard InChI is InChI=1S/C25H30N6O2/c1-24-7-8-25(2,30-24)13-17(12-24)31(4)22-6-5-19(28-29-22)18-9-16-14-27-20(23(33)26-3)10-15(16)11-21(18)32/h5-6,9-11,14,17,30,32H,7-8,12-13H2,1-4H3,(H,26,33)/t17-,24-,25+. The monoisotopic (exact) mass is 446 g/mol. The van der Waals surface area contributed by atoms with Crippen LogP contribution in [0.3, 0.4) is 0 Å². The smallest absolute Gasteiger partial charge is 0.269 e. The maximum Gasteiger partial charge on any atom is 0.269 e. The Labute approximate surface area is 193 Å². The van der Waals surface area contributed by atoms with Crippen LogP contribution in [0.2, 0.25) is 0 Å². The summed E-state index contributed by atoms with van der Waals surface area (Å²) in [7, 11) is 3.65. The van der Waals surface area contributed by atoms with Crippen molar-refractivity contribution in [3.05, 3.63) is 42.2 Å². The first kappa shape index (κ1) is 21.6. The molecule has 2 aliphatic rings. The maximum atomic E-state index is 11.8. The molecule has 8 nitrogen and oxygen atoms in total. The quantitative estimate of drug-likeness (QED) is 0.565. The van der Waals surface area contributed by atoms with Crippen molar-refractivity contribution in [3.8, 4) is 17.0 Å². The average molecular weight is 447 g/mol. The molecule has 0 aliphatic carbocycles. The van der Waals surface area contributed by atoms with Gasteiger partial charge in [-0.25, -0.2) is 0 Å². The van der Waals surface area contributed by atoms with Gasteiger partial charge in [0.25, 0.3) is 5.91 Å². The molecule has 2 aromatic heterocycles. The van der Waals surface area contributed by atoms with Gasteiger partial charge in [0.05, 0.1) is 5.69 Å². The van der Waals surface area contributed by atoms with Gasteiger partial charge in [0.1, 0.15) is 11.4 Å². The van der Waals surface area contributed by atoms with Gasteiger partial charge in [-0.15, -0.1) is 10.2 Å². The number of anilines is 1. The maximum absolute atomic E-state index is 11.8. The second-order valence-corrected chi connectivity index (χ2v) is 10.1. The van der Waals surface area contributed by atoms with Crippen molar-refractivity contribution >= 4 is 22.5 Å². The number of nitrogens with one attached hydrogen (secondary N) is 2. The summed E-state index contributed by atoms with van der Waals surface area (Å²) in [6.45, 7) is 4.64. The first-order chi connectivity index (χ1) is 15.7. The highest BCUT2D eigenvalue weighted by molar-refractivity contribution is 5.97. The number of hydrogen-bond donors (Lipinski definition) is 3. The third kappa shape index (κ3) is 3.88. The SMILES string of the molecule is CNC(=O)c1cc2cc(O)c(-c3ccc(N(C)[C@H]4C[C@]5(C)CC[C@](C)(C4)N5)nn3)cc2cn1. The zero-order chi connectivity index (χ0) is 23.4. The van der Waals surface area contributed by atoms with E-state index in [1.54, 1.807) is 25.4 Å². The van der Waals surface area contributed by atoms with Crippen LogP contribution in [-0.4, -0.2) is 57.4 Å². The molecule has 33 heavy (non-hydrogen) atoms. The number of amides is 1. The number of hydrogen-bond acceptors (Lipinski definition) is 7. The highest BCUT2D eigenvalue weighted by atomic mass is 16.3. The summed E-state index contributed by atoms with van der Waals surface area (Å²) < 4.78 is 0. The van der Waals surface area contributed by atoms with Gasteiger partial charge in [-0.1, -0.05) is 0 Å². The number of fused-ring (bicyclic) bond motifs is 3. The lowest BCUT2D eigenvalue weighted by Crippen LogP contribution is -2.58. The number of pyridine rings is 1. The van der Waals surface area contributed by atoms with Crippen molar-refractivity contribution in [2.45, 2.75) is 56.7 Å². The molecule has 1 amide bonds. The Balaban J connectivity index is 1.40. The number of aromatic hydroxyl groups is 1. The molecule has 3 atom stereocenters. The minimum atomic E-state index is -0.268. The van der Waals surface area contributed by atoms with E-state index in [0.29, 0.717) is 23.0 Å². The Kier molecular flexibility index (Phi) is 5.01. The predicted molar refractivity (Wildman–Crippen MR) is 128 cm³/mol. The first-order valence-corrected chi connectivity index (χ1v) is 11.4. The highest BCUT2D eigenvalue weighted by Gasteiger charge is 2.49. The molecule has 2 aliphatic heterocycles. The van der Waals surface area contributed by atoms with E-state index < -0.39 is 0 Å².